The van der Waals surface area contributed by atoms with Crippen LogP contribution in [0.15, 0.2) is 30.6 Å². The van der Waals surface area contributed by atoms with Gasteiger partial charge in [-0.3, -0.25) is 9.89 Å². The van der Waals surface area contributed by atoms with Crippen molar-refractivity contribution >= 4 is 5.91 Å². The number of amides is 1. The molecule has 6 heteroatoms. The molecule has 2 N–H and O–H groups in total. The van der Waals surface area contributed by atoms with E-state index in [9.17, 15) is 14.3 Å². The van der Waals surface area contributed by atoms with E-state index in [2.05, 4.69) is 10.2 Å². The number of carbonyl (C=O) groups excluding carboxylic acids is 1. The van der Waals surface area contributed by atoms with Crippen molar-refractivity contribution in [3.8, 4) is 11.1 Å². The van der Waals surface area contributed by atoms with Crippen molar-refractivity contribution in [1.29, 1.82) is 0 Å². The van der Waals surface area contributed by atoms with Gasteiger partial charge in [0, 0.05) is 36.7 Å². The van der Waals surface area contributed by atoms with E-state index in [4.69, 9.17) is 0 Å². The average Bonchev–Trinajstić information content (AvgIpc) is 3.23. The van der Waals surface area contributed by atoms with Crippen molar-refractivity contribution in [2.75, 3.05) is 13.1 Å². The van der Waals surface area contributed by atoms with Gasteiger partial charge >= 0.3 is 0 Å². The molecule has 4 rings (SSSR count). The van der Waals surface area contributed by atoms with E-state index in [0.717, 1.165) is 37.1 Å². The molecule has 2 fully saturated rings. The number of nitrogens with one attached hydrogen (secondary N) is 1. The Morgan fingerprint density at radius 2 is 2.00 bits per heavy atom. The highest BCUT2D eigenvalue weighted by Gasteiger charge is 2.36. The molecule has 1 aromatic heterocycles. The van der Waals surface area contributed by atoms with E-state index in [0.29, 0.717) is 24.8 Å². The SMILES string of the molecule is O=C(C1CCC(c2ccc(-c3cn[nH]c3)cc2F)C(O)C1)N1CCCCC1. The summed E-state index contributed by atoms with van der Waals surface area (Å²) in [6.07, 6.45) is 7.77. The normalized spacial score (nSPS) is 26.1. The lowest BCUT2D eigenvalue weighted by Crippen LogP contribution is -2.43. The monoisotopic (exact) mass is 371 g/mol. The van der Waals surface area contributed by atoms with Crippen LogP contribution in [0.4, 0.5) is 4.39 Å². The lowest BCUT2D eigenvalue weighted by Gasteiger charge is -2.36. The molecule has 5 nitrogen and oxygen atoms in total. The second-order valence-electron chi connectivity index (χ2n) is 7.79. The summed E-state index contributed by atoms with van der Waals surface area (Å²) in [6.45, 7) is 1.66. The van der Waals surface area contributed by atoms with Crippen LogP contribution in [0.1, 0.15) is 50.0 Å². The second kappa shape index (κ2) is 7.80. The number of benzene rings is 1. The van der Waals surface area contributed by atoms with Crippen LogP contribution in [0.3, 0.4) is 0 Å². The zero-order valence-electron chi connectivity index (χ0n) is 15.4. The van der Waals surface area contributed by atoms with Crippen LogP contribution < -0.4 is 0 Å². The van der Waals surface area contributed by atoms with E-state index < -0.39 is 6.10 Å². The zero-order chi connectivity index (χ0) is 18.8. The number of carbonyl (C=O) groups is 1. The molecule has 1 amide bonds. The minimum atomic E-state index is -0.688. The maximum atomic E-state index is 14.7. The van der Waals surface area contributed by atoms with Gasteiger partial charge in [-0.25, -0.2) is 4.39 Å². The molecule has 144 valence electrons. The summed E-state index contributed by atoms with van der Waals surface area (Å²) in [5.74, 6) is -0.530. The number of hydrogen-bond donors (Lipinski definition) is 2. The molecule has 0 bridgehead atoms. The van der Waals surface area contributed by atoms with Crippen molar-refractivity contribution in [2.24, 2.45) is 5.92 Å². The number of aliphatic hydroxyl groups is 1. The summed E-state index contributed by atoms with van der Waals surface area (Å²) >= 11 is 0. The van der Waals surface area contributed by atoms with Crippen molar-refractivity contribution in [3.63, 3.8) is 0 Å². The standard InChI is InChI=1S/C21H26FN3O2/c22-19-10-14(16-12-23-24-13-16)4-6-17(19)18-7-5-15(11-20(18)26)21(27)25-8-2-1-3-9-25/h4,6,10,12-13,15,18,20,26H,1-3,5,7-9,11H2,(H,23,24). The largest absolute Gasteiger partial charge is 0.392 e. The van der Waals surface area contributed by atoms with Gasteiger partial charge in [0.05, 0.1) is 12.3 Å². The molecule has 0 spiro atoms. The Bertz CT molecular complexity index is 787. The molecular weight excluding hydrogens is 345 g/mol. The Morgan fingerprint density at radius 3 is 2.67 bits per heavy atom. The van der Waals surface area contributed by atoms with Crippen LogP contribution in [0, 0.1) is 11.7 Å². The summed E-state index contributed by atoms with van der Waals surface area (Å²) in [7, 11) is 0. The number of aromatic amines is 1. The van der Waals surface area contributed by atoms with Gasteiger partial charge in [0.1, 0.15) is 5.82 Å². The minimum absolute atomic E-state index is 0.136. The number of aliphatic hydroxyl groups excluding tert-OH is 1. The number of nitrogens with zero attached hydrogens (tertiary/aromatic N) is 2. The summed E-state index contributed by atoms with van der Waals surface area (Å²) in [5, 5.41) is 17.3. The Labute approximate surface area is 158 Å². The number of likely N-dealkylation sites (tertiary alicyclic amines) is 1. The van der Waals surface area contributed by atoms with Crippen LogP contribution in [-0.2, 0) is 4.79 Å². The third-order valence-corrected chi connectivity index (χ3v) is 6.07. The number of piperidine rings is 1. The van der Waals surface area contributed by atoms with E-state index in [-0.39, 0.29) is 23.6 Å². The fourth-order valence-corrected chi connectivity index (χ4v) is 4.52. The Hall–Kier alpha value is -2.21. The Balaban J connectivity index is 1.44. The maximum absolute atomic E-state index is 14.7. The zero-order valence-corrected chi connectivity index (χ0v) is 15.4. The fraction of sp³-hybridized carbons (Fsp3) is 0.524. The van der Waals surface area contributed by atoms with E-state index in [1.807, 2.05) is 11.0 Å². The number of rotatable bonds is 3. The van der Waals surface area contributed by atoms with Crippen LogP contribution in [0.5, 0.6) is 0 Å². The lowest BCUT2D eigenvalue weighted by molar-refractivity contribution is -0.139. The predicted octanol–water partition coefficient (Wildman–Crippen LogP) is 3.47. The van der Waals surface area contributed by atoms with Gasteiger partial charge in [-0.05, 0) is 55.7 Å². The summed E-state index contributed by atoms with van der Waals surface area (Å²) in [4.78, 5) is 14.7. The van der Waals surface area contributed by atoms with E-state index in [1.54, 1.807) is 18.5 Å². The van der Waals surface area contributed by atoms with Gasteiger partial charge in [0.2, 0.25) is 5.91 Å². The Morgan fingerprint density at radius 1 is 1.19 bits per heavy atom. The van der Waals surface area contributed by atoms with Crippen molar-refractivity contribution in [1.82, 2.24) is 15.1 Å². The quantitative estimate of drug-likeness (QED) is 0.868. The molecule has 1 saturated heterocycles. The number of aromatic nitrogens is 2. The van der Waals surface area contributed by atoms with Gasteiger partial charge < -0.3 is 10.0 Å². The third-order valence-electron chi connectivity index (χ3n) is 6.07. The summed E-state index contributed by atoms with van der Waals surface area (Å²) in [5.41, 5.74) is 2.13. The molecule has 3 unspecified atom stereocenters. The maximum Gasteiger partial charge on any atom is 0.225 e. The van der Waals surface area contributed by atoms with Gasteiger partial charge in [0.15, 0.2) is 0 Å². The molecule has 1 saturated carbocycles. The van der Waals surface area contributed by atoms with E-state index >= 15 is 0 Å². The number of H-pyrrole nitrogens is 1. The highest BCUT2D eigenvalue weighted by Crippen LogP contribution is 2.39. The van der Waals surface area contributed by atoms with Gasteiger partial charge in [-0.2, -0.15) is 5.10 Å². The number of hydrogen-bond acceptors (Lipinski definition) is 3. The van der Waals surface area contributed by atoms with Crippen molar-refractivity contribution in [2.45, 2.75) is 50.5 Å². The summed E-state index contributed by atoms with van der Waals surface area (Å²) in [6, 6.07) is 5.12. The first-order chi connectivity index (χ1) is 13.1. The van der Waals surface area contributed by atoms with Crippen LogP contribution >= 0.6 is 0 Å². The molecular formula is C21H26FN3O2. The fourth-order valence-electron chi connectivity index (χ4n) is 4.52. The molecule has 0 radical (unpaired) electrons. The van der Waals surface area contributed by atoms with Gasteiger partial charge in [-0.15, -0.1) is 0 Å². The molecule has 1 aromatic carbocycles. The smallest absolute Gasteiger partial charge is 0.225 e. The predicted molar refractivity (Wildman–Crippen MR) is 101 cm³/mol. The topological polar surface area (TPSA) is 69.2 Å². The molecule has 27 heavy (non-hydrogen) atoms. The molecule has 1 aliphatic heterocycles. The number of halogens is 1. The molecule has 2 heterocycles. The van der Waals surface area contributed by atoms with Crippen LogP contribution in [-0.4, -0.2) is 45.3 Å². The van der Waals surface area contributed by atoms with Crippen molar-refractivity contribution < 1.29 is 14.3 Å². The van der Waals surface area contributed by atoms with E-state index in [1.165, 1.54) is 12.5 Å². The first kappa shape index (κ1) is 18.2. The average molecular weight is 371 g/mol. The van der Waals surface area contributed by atoms with Gasteiger partial charge in [0.25, 0.3) is 0 Å². The van der Waals surface area contributed by atoms with Crippen molar-refractivity contribution in [3.05, 3.63) is 42.0 Å². The minimum Gasteiger partial charge on any atom is -0.392 e. The summed E-state index contributed by atoms with van der Waals surface area (Å²) < 4.78 is 14.7. The lowest BCUT2D eigenvalue weighted by atomic mass is 9.75. The molecule has 2 aliphatic rings. The first-order valence-corrected chi connectivity index (χ1v) is 9.89. The highest BCUT2D eigenvalue weighted by atomic mass is 19.1. The van der Waals surface area contributed by atoms with Crippen LogP contribution in [0.2, 0.25) is 0 Å². The van der Waals surface area contributed by atoms with Crippen LogP contribution in [0.25, 0.3) is 11.1 Å². The second-order valence-corrected chi connectivity index (χ2v) is 7.79. The molecule has 3 atom stereocenters. The first-order valence-electron chi connectivity index (χ1n) is 9.89. The molecule has 2 aromatic rings. The van der Waals surface area contributed by atoms with Gasteiger partial charge in [-0.1, -0.05) is 12.1 Å². The third kappa shape index (κ3) is 3.76. The Kier molecular flexibility index (Phi) is 5.25. The highest BCUT2D eigenvalue weighted by molar-refractivity contribution is 5.79. The molecule has 1 aliphatic carbocycles.